The SMILES string of the molecule is CC[C@H](C)c1ccccc1NC(=O)COc1ccc(C#N)cc1Cl. The van der Waals surface area contributed by atoms with Crippen molar-refractivity contribution in [1.82, 2.24) is 0 Å². The first-order chi connectivity index (χ1) is 11.5. The maximum Gasteiger partial charge on any atom is 0.262 e. The molecule has 1 amide bonds. The molecular formula is C19H19ClN2O2. The predicted molar refractivity (Wildman–Crippen MR) is 95.4 cm³/mol. The van der Waals surface area contributed by atoms with Crippen LogP contribution in [0.4, 0.5) is 5.69 Å². The average Bonchev–Trinajstić information content (AvgIpc) is 2.60. The number of rotatable bonds is 6. The number of nitrogens with zero attached hydrogens (tertiary/aromatic N) is 1. The summed E-state index contributed by atoms with van der Waals surface area (Å²) >= 11 is 6.03. The molecule has 0 radical (unpaired) electrons. The van der Waals surface area contributed by atoms with Gasteiger partial charge in [0.05, 0.1) is 16.7 Å². The van der Waals surface area contributed by atoms with Crippen molar-refractivity contribution in [1.29, 1.82) is 5.26 Å². The van der Waals surface area contributed by atoms with Crippen LogP contribution < -0.4 is 10.1 Å². The molecule has 24 heavy (non-hydrogen) atoms. The van der Waals surface area contributed by atoms with Crippen molar-refractivity contribution >= 4 is 23.2 Å². The number of anilines is 1. The topological polar surface area (TPSA) is 62.1 Å². The zero-order valence-corrected chi connectivity index (χ0v) is 14.4. The molecule has 0 heterocycles. The van der Waals surface area contributed by atoms with E-state index < -0.39 is 0 Å². The van der Waals surface area contributed by atoms with Crippen molar-refractivity contribution in [2.75, 3.05) is 11.9 Å². The second-order valence-corrected chi connectivity index (χ2v) is 5.90. The molecule has 2 rings (SSSR count). The molecule has 2 aromatic carbocycles. The second-order valence-electron chi connectivity index (χ2n) is 5.49. The summed E-state index contributed by atoms with van der Waals surface area (Å²) < 4.78 is 5.44. The zero-order valence-electron chi connectivity index (χ0n) is 13.7. The normalized spacial score (nSPS) is 11.4. The third-order valence-corrected chi connectivity index (χ3v) is 4.09. The van der Waals surface area contributed by atoms with Crippen molar-refractivity contribution in [2.45, 2.75) is 26.2 Å². The number of benzene rings is 2. The van der Waals surface area contributed by atoms with Crippen molar-refractivity contribution in [3.8, 4) is 11.8 Å². The van der Waals surface area contributed by atoms with E-state index in [9.17, 15) is 4.79 Å². The Morgan fingerprint density at radius 1 is 1.33 bits per heavy atom. The Morgan fingerprint density at radius 2 is 2.08 bits per heavy atom. The molecule has 0 aliphatic heterocycles. The highest BCUT2D eigenvalue weighted by molar-refractivity contribution is 6.32. The number of carbonyl (C=O) groups is 1. The minimum atomic E-state index is -0.258. The number of nitriles is 1. The van der Waals surface area contributed by atoms with Crippen LogP contribution in [0.5, 0.6) is 5.75 Å². The van der Waals surface area contributed by atoms with Crippen LogP contribution in [0.1, 0.15) is 37.3 Å². The second kappa shape index (κ2) is 8.37. The van der Waals surface area contributed by atoms with Gasteiger partial charge in [-0.25, -0.2) is 0 Å². The minimum absolute atomic E-state index is 0.152. The monoisotopic (exact) mass is 342 g/mol. The lowest BCUT2D eigenvalue weighted by Crippen LogP contribution is -2.21. The zero-order chi connectivity index (χ0) is 17.5. The predicted octanol–water partition coefficient (Wildman–Crippen LogP) is 4.74. The molecule has 0 spiro atoms. The molecule has 1 atom stereocenters. The molecule has 0 unspecified atom stereocenters. The van der Waals surface area contributed by atoms with Crippen LogP contribution in [0, 0.1) is 11.3 Å². The first kappa shape index (κ1) is 17.8. The average molecular weight is 343 g/mol. The molecule has 2 aromatic rings. The Labute approximate surface area is 147 Å². The Hall–Kier alpha value is -2.51. The van der Waals surface area contributed by atoms with E-state index in [2.05, 4.69) is 19.2 Å². The fraction of sp³-hybridized carbons (Fsp3) is 0.263. The van der Waals surface area contributed by atoms with Crippen LogP contribution in [0.3, 0.4) is 0 Å². The van der Waals surface area contributed by atoms with Crippen LogP contribution in [-0.4, -0.2) is 12.5 Å². The van der Waals surface area contributed by atoms with Gasteiger partial charge in [-0.05, 0) is 42.2 Å². The van der Waals surface area contributed by atoms with Gasteiger partial charge in [-0.2, -0.15) is 5.26 Å². The van der Waals surface area contributed by atoms with Gasteiger partial charge in [-0.1, -0.05) is 43.6 Å². The van der Waals surface area contributed by atoms with Crippen LogP contribution in [0.15, 0.2) is 42.5 Å². The molecule has 5 heteroatoms. The van der Waals surface area contributed by atoms with Gasteiger partial charge in [0.1, 0.15) is 5.75 Å². The standard InChI is InChI=1S/C19H19ClN2O2/c1-3-13(2)15-6-4-5-7-17(15)22-19(23)12-24-18-9-8-14(11-21)10-16(18)20/h4-10,13H,3,12H2,1-2H3,(H,22,23)/t13-/m0/s1. The molecule has 0 saturated heterocycles. The quantitative estimate of drug-likeness (QED) is 0.824. The molecule has 0 aliphatic carbocycles. The smallest absolute Gasteiger partial charge is 0.262 e. The lowest BCUT2D eigenvalue weighted by atomic mass is 9.97. The fourth-order valence-corrected chi connectivity index (χ4v) is 2.51. The Bertz CT molecular complexity index is 768. The van der Waals surface area contributed by atoms with E-state index in [-0.39, 0.29) is 12.5 Å². The highest BCUT2D eigenvalue weighted by Crippen LogP contribution is 2.27. The maximum absolute atomic E-state index is 12.2. The molecule has 124 valence electrons. The van der Waals surface area contributed by atoms with Gasteiger partial charge in [0.25, 0.3) is 5.91 Å². The molecule has 0 fully saturated rings. The number of nitrogens with one attached hydrogen (secondary N) is 1. The summed E-state index contributed by atoms with van der Waals surface area (Å²) in [6.07, 6.45) is 0.990. The summed E-state index contributed by atoms with van der Waals surface area (Å²) in [5, 5.41) is 12.0. The summed E-state index contributed by atoms with van der Waals surface area (Å²) in [5.41, 5.74) is 2.34. The molecular weight excluding hydrogens is 324 g/mol. The van der Waals surface area contributed by atoms with Gasteiger partial charge in [0.2, 0.25) is 0 Å². The van der Waals surface area contributed by atoms with Gasteiger partial charge in [-0.3, -0.25) is 4.79 Å². The van der Waals surface area contributed by atoms with Gasteiger partial charge in [-0.15, -0.1) is 0 Å². The van der Waals surface area contributed by atoms with Crippen molar-refractivity contribution < 1.29 is 9.53 Å². The van der Waals surface area contributed by atoms with Crippen LogP contribution in [0.25, 0.3) is 0 Å². The van der Waals surface area contributed by atoms with E-state index >= 15 is 0 Å². The van der Waals surface area contributed by atoms with Crippen molar-refractivity contribution in [3.63, 3.8) is 0 Å². The van der Waals surface area contributed by atoms with E-state index in [1.165, 1.54) is 6.07 Å². The Balaban J connectivity index is 2.01. The van der Waals surface area contributed by atoms with Crippen molar-refractivity contribution in [2.24, 2.45) is 0 Å². The number of ether oxygens (including phenoxy) is 1. The number of hydrogen-bond donors (Lipinski definition) is 1. The van der Waals surface area contributed by atoms with Gasteiger partial charge in [0.15, 0.2) is 6.61 Å². The first-order valence-corrected chi connectivity index (χ1v) is 8.14. The van der Waals surface area contributed by atoms with Gasteiger partial charge < -0.3 is 10.1 Å². The Kier molecular flexibility index (Phi) is 6.22. The molecule has 4 nitrogen and oxygen atoms in total. The third kappa shape index (κ3) is 4.50. The number of hydrogen-bond acceptors (Lipinski definition) is 3. The largest absolute Gasteiger partial charge is 0.482 e. The summed E-state index contributed by atoms with van der Waals surface area (Å²) in [4.78, 5) is 12.2. The van der Waals surface area contributed by atoms with E-state index in [0.717, 1.165) is 17.7 Å². The molecule has 0 aliphatic rings. The minimum Gasteiger partial charge on any atom is -0.482 e. The number of carbonyl (C=O) groups excluding carboxylic acids is 1. The highest BCUT2D eigenvalue weighted by Gasteiger charge is 2.12. The number of amides is 1. The van der Waals surface area contributed by atoms with Crippen LogP contribution in [0.2, 0.25) is 5.02 Å². The number of para-hydroxylation sites is 1. The van der Waals surface area contributed by atoms with E-state index in [1.54, 1.807) is 12.1 Å². The lowest BCUT2D eigenvalue weighted by molar-refractivity contribution is -0.118. The van der Waals surface area contributed by atoms with Gasteiger partial charge >= 0.3 is 0 Å². The first-order valence-electron chi connectivity index (χ1n) is 7.76. The fourth-order valence-electron chi connectivity index (χ4n) is 2.28. The molecule has 0 bridgehead atoms. The Morgan fingerprint density at radius 3 is 2.75 bits per heavy atom. The van der Waals surface area contributed by atoms with Crippen LogP contribution in [-0.2, 0) is 4.79 Å². The van der Waals surface area contributed by atoms with Crippen molar-refractivity contribution in [3.05, 3.63) is 58.6 Å². The molecule has 1 N–H and O–H groups in total. The summed E-state index contributed by atoms with van der Waals surface area (Å²) in [5.74, 6) is 0.475. The molecule has 0 aromatic heterocycles. The van der Waals surface area contributed by atoms with Gasteiger partial charge in [0, 0.05) is 5.69 Å². The number of halogens is 1. The molecule has 0 saturated carbocycles. The van der Waals surface area contributed by atoms with E-state index in [4.69, 9.17) is 21.6 Å². The van der Waals surface area contributed by atoms with Crippen LogP contribution >= 0.6 is 11.6 Å². The lowest BCUT2D eigenvalue weighted by Gasteiger charge is -2.16. The summed E-state index contributed by atoms with van der Waals surface area (Å²) in [6, 6.07) is 14.4. The van der Waals surface area contributed by atoms with E-state index in [1.807, 2.05) is 30.3 Å². The third-order valence-electron chi connectivity index (χ3n) is 3.80. The summed E-state index contributed by atoms with van der Waals surface area (Å²) in [7, 11) is 0. The van der Waals surface area contributed by atoms with E-state index in [0.29, 0.717) is 22.3 Å². The summed E-state index contributed by atoms with van der Waals surface area (Å²) in [6.45, 7) is 4.08. The highest BCUT2D eigenvalue weighted by atomic mass is 35.5. The maximum atomic E-state index is 12.2.